The van der Waals surface area contributed by atoms with Crippen molar-refractivity contribution >= 4 is 34.9 Å². The number of amides is 1. The predicted molar refractivity (Wildman–Crippen MR) is 150 cm³/mol. The van der Waals surface area contributed by atoms with E-state index in [2.05, 4.69) is 10.6 Å². The number of esters is 1. The van der Waals surface area contributed by atoms with E-state index < -0.39 is 6.04 Å². The Bertz CT molecular complexity index is 1200. The van der Waals surface area contributed by atoms with Crippen LogP contribution >= 0.6 is 12.2 Å². The van der Waals surface area contributed by atoms with E-state index in [9.17, 15) is 9.59 Å². The molecule has 1 aliphatic rings. The Labute approximate surface area is 229 Å². The topological polar surface area (TPSA) is 98.4 Å². The summed E-state index contributed by atoms with van der Waals surface area (Å²) in [6.45, 7) is 8.78. The number of ether oxygens (including phenoxy) is 4. The monoisotopic (exact) mass is 541 g/mol. The summed E-state index contributed by atoms with van der Waals surface area (Å²) in [7, 11) is 4.48. The highest BCUT2D eigenvalue weighted by atomic mass is 32.1. The number of rotatable bonds is 10. The molecule has 2 aromatic rings. The molecule has 2 aromatic carbocycles. The van der Waals surface area contributed by atoms with Crippen molar-refractivity contribution in [1.29, 1.82) is 0 Å². The molecule has 1 amide bonds. The van der Waals surface area contributed by atoms with Crippen molar-refractivity contribution in [3.8, 4) is 17.2 Å². The summed E-state index contributed by atoms with van der Waals surface area (Å²) in [4.78, 5) is 28.0. The Morgan fingerprint density at radius 3 is 2.16 bits per heavy atom. The third-order valence-electron chi connectivity index (χ3n) is 6.11. The van der Waals surface area contributed by atoms with Crippen LogP contribution in [-0.4, -0.2) is 56.4 Å². The molecule has 2 N–H and O–H groups in total. The molecule has 10 heteroatoms. The summed E-state index contributed by atoms with van der Waals surface area (Å²) in [5, 5.41) is 6.69. The molecule has 1 atom stereocenters. The van der Waals surface area contributed by atoms with Crippen molar-refractivity contribution in [2.75, 3.05) is 39.8 Å². The Morgan fingerprint density at radius 2 is 1.66 bits per heavy atom. The van der Waals surface area contributed by atoms with Crippen LogP contribution < -0.4 is 24.8 Å². The Balaban J connectivity index is 1.86. The van der Waals surface area contributed by atoms with Gasteiger partial charge in [-0.2, -0.15) is 0 Å². The van der Waals surface area contributed by atoms with E-state index in [0.717, 1.165) is 11.3 Å². The van der Waals surface area contributed by atoms with Crippen LogP contribution in [0, 0.1) is 5.92 Å². The van der Waals surface area contributed by atoms with E-state index in [0.29, 0.717) is 52.3 Å². The van der Waals surface area contributed by atoms with Gasteiger partial charge < -0.3 is 34.5 Å². The zero-order valence-electron chi connectivity index (χ0n) is 22.8. The number of carbonyl (C=O) groups is 2. The third kappa shape index (κ3) is 6.19. The van der Waals surface area contributed by atoms with Gasteiger partial charge in [-0.1, -0.05) is 26.0 Å². The second-order valence-electron chi connectivity index (χ2n) is 9.11. The number of hydrogen-bond acceptors (Lipinski definition) is 7. The Hall–Kier alpha value is -3.79. The van der Waals surface area contributed by atoms with Crippen LogP contribution in [-0.2, 0) is 9.53 Å². The average Bonchev–Trinajstić information content (AvgIpc) is 2.91. The fraction of sp³-hybridized carbons (Fsp3) is 0.393. The van der Waals surface area contributed by atoms with Gasteiger partial charge in [0.15, 0.2) is 16.6 Å². The van der Waals surface area contributed by atoms with E-state index in [1.54, 1.807) is 24.3 Å². The molecule has 0 fully saturated rings. The van der Waals surface area contributed by atoms with Crippen LogP contribution in [0.15, 0.2) is 47.7 Å². The first-order chi connectivity index (χ1) is 18.1. The number of anilines is 1. The molecule has 0 spiro atoms. The number of methoxy groups -OCH3 is 3. The minimum Gasteiger partial charge on any atom is -0.493 e. The highest BCUT2D eigenvalue weighted by Crippen LogP contribution is 2.38. The van der Waals surface area contributed by atoms with Gasteiger partial charge in [-0.3, -0.25) is 4.79 Å². The molecule has 3 rings (SSSR count). The minimum absolute atomic E-state index is 0.215. The number of benzene rings is 2. The quantitative estimate of drug-likeness (QED) is 0.328. The first-order valence-corrected chi connectivity index (χ1v) is 12.7. The molecule has 1 unspecified atom stereocenters. The number of thiocarbonyl (C=S) groups is 1. The van der Waals surface area contributed by atoms with Gasteiger partial charge in [0.1, 0.15) is 0 Å². The highest BCUT2D eigenvalue weighted by molar-refractivity contribution is 7.80. The van der Waals surface area contributed by atoms with Crippen molar-refractivity contribution in [2.24, 2.45) is 5.92 Å². The van der Waals surface area contributed by atoms with Gasteiger partial charge in [-0.15, -0.1) is 0 Å². The Kier molecular flexibility index (Phi) is 9.57. The molecule has 0 bridgehead atoms. The van der Waals surface area contributed by atoms with Gasteiger partial charge in [0.05, 0.1) is 39.6 Å². The van der Waals surface area contributed by atoms with Crippen molar-refractivity contribution in [3.05, 3.63) is 58.8 Å². The van der Waals surface area contributed by atoms with Crippen LogP contribution in [0.3, 0.4) is 0 Å². The second kappa shape index (κ2) is 12.6. The maximum Gasteiger partial charge on any atom is 0.338 e. The zero-order chi connectivity index (χ0) is 28.0. The maximum atomic E-state index is 13.1. The zero-order valence-corrected chi connectivity index (χ0v) is 23.7. The van der Waals surface area contributed by atoms with Crippen molar-refractivity contribution in [1.82, 2.24) is 10.2 Å². The lowest BCUT2D eigenvalue weighted by Gasteiger charge is -2.37. The first kappa shape index (κ1) is 28.8. The molecule has 38 heavy (non-hydrogen) atoms. The summed E-state index contributed by atoms with van der Waals surface area (Å²) in [6, 6.07) is 9.92. The van der Waals surface area contributed by atoms with Crippen LogP contribution in [0.5, 0.6) is 17.2 Å². The third-order valence-corrected chi connectivity index (χ3v) is 6.45. The first-order valence-electron chi connectivity index (χ1n) is 12.3. The fourth-order valence-electron chi connectivity index (χ4n) is 4.17. The van der Waals surface area contributed by atoms with Crippen LogP contribution in [0.4, 0.5) is 5.69 Å². The van der Waals surface area contributed by atoms with E-state index in [1.807, 2.05) is 44.7 Å². The molecule has 0 saturated carbocycles. The number of nitrogens with one attached hydrogen (secondary N) is 2. The van der Waals surface area contributed by atoms with Crippen LogP contribution in [0.1, 0.15) is 49.7 Å². The highest BCUT2D eigenvalue weighted by Gasteiger charge is 2.34. The molecule has 0 radical (unpaired) electrons. The lowest BCUT2D eigenvalue weighted by atomic mass is 9.94. The minimum atomic E-state index is -0.482. The number of carbonyl (C=O) groups excluding carboxylic acids is 2. The lowest BCUT2D eigenvalue weighted by Crippen LogP contribution is -2.47. The molecular formula is C28H35N3O6S. The molecule has 0 aromatic heterocycles. The molecule has 1 aliphatic heterocycles. The van der Waals surface area contributed by atoms with Gasteiger partial charge in [0, 0.05) is 23.5 Å². The Morgan fingerprint density at radius 1 is 1.05 bits per heavy atom. The SMILES string of the molecule is CCN1C(=S)NC(c2ccc(NC(=O)c3cc(OC)c(OC)c(OC)c3)cc2)C(C(=O)OCC(C)C)=C1C. The number of allylic oxidation sites excluding steroid dienone is 1. The second-order valence-corrected chi connectivity index (χ2v) is 9.50. The lowest BCUT2D eigenvalue weighted by molar-refractivity contribution is -0.140. The summed E-state index contributed by atoms with van der Waals surface area (Å²) < 4.78 is 21.6. The standard InChI is InChI=1S/C28H35N3O6S/c1-8-31-17(4)23(27(33)37-15-16(2)3)24(30-28(31)38)18-9-11-20(12-10-18)29-26(32)19-13-21(34-5)25(36-7)22(14-19)35-6/h9-14,16,24H,8,15H2,1-7H3,(H,29,32)(H,30,38). The molecular weight excluding hydrogens is 506 g/mol. The van der Waals surface area contributed by atoms with Gasteiger partial charge in [0.25, 0.3) is 5.91 Å². The van der Waals surface area contributed by atoms with Crippen molar-refractivity contribution < 1.29 is 28.5 Å². The smallest absolute Gasteiger partial charge is 0.338 e. The van der Waals surface area contributed by atoms with Crippen LogP contribution in [0.25, 0.3) is 0 Å². The van der Waals surface area contributed by atoms with Crippen molar-refractivity contribution in [3.63, 3.8) is 0 Å². The normalized spacial score (nSPS) is 15.2. The van der Waals surface area contributed by atoms with E-state index in [4.69, 9.17) is 31.2 Å². The van der Waals surface area contributed by atoms with E-state index in [1.165, 1.54) is 21.3 Å². The van der Waals surface area contributed by atoms with Gasteiger partial charge in [-0.05, 0) is 61.8 Å². The van der Waals surface area contributed by atoms with Crippen molar-refractivity contribution in [2.45, 2.75) is 33.7 Å². The summed E-state index contributed by atoms with van der Waals surface area (Å²) in [6.07, 6.45) is 0. The van der Waals surface area contributed by atoms with Crippen LogP contribution in [0.2, 0.25) is 0 Å². The molecule has 1 heterocycles. The number of hydrogen-bond donors (Lipinski definition) is 2. The fourth-order valence-corrected chi connectivity index (χ4v) is 4.55. The predicted octanol–water partition coefficient (Wildman–Crippen LogP) is 4.69. The summed E-state index contributed by atoms with van der Waals surface area (Å²) >= 11 is 5.56. The maximum absolute atomic E-state index is 13.1. The molecule has 9 nitrogen and oxygen atoms in total. The molecule has 0 saturated heterocycles. The summed E-state index contributed by atoms with van der Waals surface area (Å²) in [5.41, 5.74) is 3.00. The largest absolute Gasteiger partial charge is 0.493 e. The summed E-state index contributed by atoms with van der Waals surface area (Å²) in [5.74, 6) is 0.655. The van der Waals surface area contributed by atoms with E-state index >= 15 is 0 Å². The molecule has 0 aliphatic carbocycles. The molecule has 204 valence electrons. The van der Waals surface area contributed by atoms with Gasteiger partial charge in [0.2, 0.25) is 5.75 Å². The van der Waals surface area contributed by atoms with E-state index in [-0.39, 0.29) is 17.8 Å². The van der Waals surface area contributed by atoms with Gasteiger partial charge >= 0.3 is 5.97 Å². The number of nitrogens with zero attached hydrogens (tertiary/aromatic N) is 1. The average molecular weight is 542 g/mol. The van der Waals surface area contributed by atoms with Gasteiger partial charge in [-0.25, -0.2) is 4.79 Å².